The van der Waals surface area contributed by atoms with Crippen LogP contribution in [0.5, 0.6) is 5.75 Å². The van der Waals surface area contributed by atoms with Crippen molar-refractivity contribution in [3.8, 4) is 5.75 Å². The van der Waals surface area contributed by atoms with E-state index in [-0.39, 0.29) is 18.3 Å². The van der Waals surface area contributed by atoms with Crippen molar-refractivity contribution >= 4 is 17.8 Å². The smallest absolute Gasteiger partial charge is 0.259 e. The molecule has 0 atom stereocenters. The summed E-state index contributed by atoms with van der Waals surface area (Å²) in [6.45, 7) is 1.96. The zero-order chi connectivity index (χ0) is 17.5. The van der Waals surface area contributed by atoms with Gasteiger partial charge in [0.15, 0.2) is 12.4 Å². The molecule has 0 N–H and O–H groups in total. The van der Waals surface area contributed by atoms with Crippen LogP contribution >= 0.6 is 0 Å². The molecule has 0 bridgehead atoms. The molecule has 0 saturated heterocycles. The fraction of sp³-hybridized carbons (Fsp3) is 0.200. The predicted octanol–water partition coefficient (Wildman–Crippen LogP) is 3.36. The van der Waals surface area contributed by atoms with E-state index in [1.54, 1.807) is 50.5 Å². The Balaban J connectivity index is 2.04. The molecule has 0 aliphatic carbocycles. The van der Waals surface area contributed by atoms with Crippen molar-refractivity contribution in [2.45, 2.75) is 6.92 Å². The van der Waals surface area contributed by atoms with Crippen LogP contribution in [0, 0.1) is 6.92 Å². The lowest BCUT2D eigenvalue weighted by Crippen LogP contribution is -2.27. The summed E-state index contributed by atoms with van der Waals surface area (Å²) in [5.41, 5.74) is 2.64. The topological polar surface area (TPSA) is 46.6 Å². The lowest BCUT2D eigenvalue weighted by molar-refractivity contribution is -0.130. The second-order valence-electron chi connectivity index (χ2n) is 5.72. The van der Waals surface area contributed by atoms with Crippen LogP contribution in [0.2, 0.25) is 0 Å². The normalized spacial score (nSPS) is 10.6. The highest BCUT2D eigenvalue weighted by molar-refractivity contribution is 6.07. The number of likely N-dealkylation sites (N-methyl/N-ethyl adjacent to an activating group) is 1. The van der Waals surface area contributed by atoms with Crippen LogP contribution < -0.4 is 4.74 Å². The Morgan fingerprint density at radius 2 is 1.83 bits per heavy atom. The number of ether oxygens (including phenoxy) is 1. The van der Waals surface area contributed by atoms with E-state index in [9.17, 15) is 9.59 Å². The third kappa shape index (κ3) is 5.09. The van der Waals surface area contributed by atoms with Crippen molar-refractivity contribution in [2.24, 2.45) is 0 Å². The van der Waals surface area contributed by atoms with E-state index in [0.29, 0.717) is 11.3 Å². The first-order valence-corrected chi connectivity index (χ1v) is 7.68. The third-order valence-electron chi connectivity index (χ3n) is 3.45. The molecule has 2 aromatic carbocycles. The highest BCUT2D eigenvalue weighted by Gasteiger charge is 2.07. The summed E-state index contributed by atoms with van der Waals surface area (Å²) in [4.78, 5) is 25.3. The number of amides is 1. The van der Waals surface area contributed by atoms with E-state index in [2.05, 4.69) is 0 Å². The van der Waals surface area contributed by atoms with Crippen molar-refractivity contribution < 1.29 is 14.3 Å². The fourth-order valence-electron chi connectivity index (χ4n) is 2.06. The molecule has 4 heteroatoms. The highest BCUT2D eigenvalue weighted by Crippen LogP contribution is 2.15. The van der Waals surface area contributed by atoms with E-state index in [0.717, 1.165) is 11.1 Å². The first-order valence-electron chi connectivity index (χ1n) is 7.68. The number of hydrogen-bond acceptors (Lipinski definition) is 3. The molecule has 0 unspecified atom stereocenters. The number of ketones is 1. The van der Waals surface area contributed by atoms with E-state index in [1.165, 1.54) is 4.90 Å². The number of carbonyl (C=O) groups excluding carboxylic acids is 2. The molecule has 0 radical (unpaired) electrons. The average molecular weight is 323 g/mol. The maximum atomic E-state index is 12.3. The molecule has 1 amide bonds. The Morgan fingerprint density at radius 3 is 2.54 bits per heavy atom. The van der Waals surface area contributed by atoms with E-state index in [4.69, 9.17) is 4.74 Å². The molecule has 0 aromatic heterocycles. The number of nitrogens with zero attached hydrogens (tertiary/aromatic N) is 1. The van der Waals surface area contributed by atoms with Crippen LogP contribution in [-0.4, -0.2) is 37.3 Å². The molecule has 0 saturated carbocycles. The Hall–Kier alpha value is -2.88. The minimum atomic E-state index is -0.133. The highest BCUT2D eigenvalue weighted by atomic mass is 16.5. The average Bonchev–Trinajstić information content (AvgIpc) is 2.57. The Labute approximate surface area is 142 Å². The Morgan fingerprint density at radius 1 is 1.08 bits per heavy atom. The summed E-state index contributed by atoms with van der Waals surface area (Å²) in [6, 6.07) is 14.8. The summed E-state index contributed by atoms with van der Waals surface area (Å²) in [5, 5.41) is 0. The van der Waals surface area contributed by atoms with Crippen LogP contribution in [0.15, 0.2) is 54.6 Å². The maximum Gasteiger partial charge on any atom is 0.259 e. The van der Waals surface area contributed by atoms with Crippen LogP contribution in [0.25, 0.3) is 6.08 Å². The number of rotatable bonds is 6. The molecule has 2 aromatic rings. The number of allylic oxidation sites excluding steroid dienone is 1. The summed E-state index contributed by atoms with van der Waals surface area (Å²) in [6.07, 6.45) is 3.33. The monoisotopic (exact) mass is 323 g/mol. The summed E-state index contributed by atoms with van der Waals surface area (Å²) < 4.78 is 5.43. The van der Waals surface area contributed by atoms with Crippen molar-refractivity contribution in [1.29, 1.82) is 0 Å². The Kier molecular flexibility index (Phi) is 5.90. The molecule has 0 aliphatic rings. The third-order valence-corrected chi connectivity index (χ3v) is 3.45. The van der Waals surface area contributed by atoms with Gasteiger partial charge in [-0.05, 0) is 30.7 Å². The van der Waals surface area contributed by atoms with Gasteiger partial charge in [0, 0.05) is 19.7 Å². The number of carbonyl (C=O) groups is 2. The molecule has 0 spiro atoms. The van der Waals surface area contributed by atoms with Crippen molar-refractivity contribution in [3.05, 3.63) is 71.3 Å². The van der Waals surface area contributed by atoms with Crippen molar-refractivity contribution in [3.63, 3.8) is 0 Å². The molecular formula is C20H21NO3. The molecule has 0 fully saturated rings. The molecule has 2 rings (SSSR count). The first kappa shape index (κ1) is 17.5. The number of benzene rings is 2. The summed E-state index contributed by atoms with van der Waals surface area (Å²) in [5.74, 6) is 0.256. The maximum absolute atomic E-state index is 12.3. The van der Waals surface area contributed by atoms with Gasteiger partial charge in [-0.3, -0.25) is 9.59 Å². The lowest BCUT2D eigenvalue weighted by atomic mass is 10.1. The van der Waals surface area contributed by atoms with Gasteiger partial charge in [0.1, 0.15) is 5.75 Å². The van der Waals surface area contributed by atoms with Gasteiger partial charge in [0.2, 0.25) is 0 Å². The zero-order valence-corrected chi connectivity index (χ0v) is 14.2. The van der Waals surface area contributed by atoms with E-state index < -0.39 is 0 Å². The largest absolute Gasteiger partial charge is 0.484 e. The number of hydrogen-bond donors (Lipinski definition) is 0. The summed E-state index contributed by atoms with van der Waals surface area (Å²) >= 11 is 0. The van der Waals surface area contributed by atoms with Crippen LogP contribution in [-0.2, 0) is 4.79 Å². The number of aryl methyl sites for hydroxylation is 1. The van der Waals surface area contributed by atoms with Crippen LogP contribution in [0.1, 0.15) is 21.5 Å². The molecule has 0 heterocycles. The van der Waals surface area contributed by atoms with Gasteiger partial charge >= 0.3 is 0 Å². The van der Waals surface area contributed by atoms with Crippen LogP contribution in [0.3, 0.4) is 0 Å². The van der Waals surface area contributed by atoms with Crippen molar-refractivity contribution in [2.75, 3.05) is 20.7 Å². The van der Waals surface area contributed by atoms with Crippen LogP contribution in [0.4, 0.5) is 0 Å². The van der Waals surface area contributed by atoms with E-state index in [1.807, 2.05) is 31.2 Å². The summed E-state index contributed by atoms with van der Waals surface area (Å²) in [7, 11) is 3.34. The van der Waals surface area contributed by atoms with Gasteiger partial charge < -0.3 is 9.64 Å². The molecule has 124 valence electrons. The molecule has 0 aliphatic heterocycles. The second-order valence-corrected chi connectivity index (χ2v) is 5.72. The Bertz CT molecular complexity index is 763. The minimum absolute atomic E-state index is 0.0518. The second kappa shape index (κ2) is 8.11. The van der Waals surface area contributed by atoms with Gasteiger partial charge in [0.05, 0.1) is 0 Å². The molecule has 4 nitrogen and oxygen atoms in total. The van der Waals surface area contributed by atoms with Gasteiger partial charge in [-0.25, -0.2) is 0 Å². The van der Waals surface area contributed by atoms with Gasteiger partial charge in [-0.2, -0.15) is 0 Å². The lowest BCUT2D eigenvalue weighted by Gasteiger charge is -2.11. The molecular weight excluding hydrogens is 302 g/mol. The fourth-order valence-corrected chi connectivity index (χ4v) is 2.06. The first-order chi connectivity index (χ1) is 11.5. The molecule has 24 heavy (non-hydrogen) atoms. The zero-order valence-electron chi connectivity index (χ0n) is 14.2. The predicted molar refractivity (Wildman–Crippen MR) is 95.2 cm³/mol. The van der Waals surface area contributed by atoms with Gasteiger partial charge in [0.25, 0.3) is 5.91 Å². The quantitative estimate of drug-likeness (QED) is 0.605. The SMILES string of the molecule is Cc1cccc(/C=C/C(=O)c2cccc(OCC(=O)N(C)C)c2)c1. The standard InChI is InChI=1S/C20H21NO3/c1-15-6-4-7-16(12-15)10-11-19(22)17-8-5-9-18(13-17)24-14-20(23)21(2)3/h4-13H,14H2,1-3H3/b11-10+. The minimum Gasteiger partial charge on any atom is -0.484 e. The van der Waals surface area contributed by atoms with Gasteiger partial charge in [-0.1, -0.05) is 48.0 Å². The van der Waals surface area contributed by atoms with Gasteiger partial charge in [-0.15, -0.1) is 0 Å². The van der Waals surface area contributed by atoms with Crippen molar-refractivity contribution in [1.82, 2.24) is 4.90 Å². The van der Waals surface area contributed by atoms with E-state index >= 15 is 0 Å².